The van der Waals surface area contributed by atoms with Crippen molar-refractivity contribution in [2.45, 2.75) is 34.6 Å². The average Bonchev–Trinajstić information content (AvgIpc) is 2.26. The van der Waals surface area contributed by atoms with Crippen LogP contribution in [-0.4, -0.2) is 47.8 Å². The third kappa shape index (κ3) is 3.45. The first-order valence-electron chi connectivity index (χ1n) is 6.31. The average molecular weight is 240 g/mol. The number of carbonyl (C=O) groups excluding carboxylic acids is 2. The fraction of sp³-hybridized carbons (Fsp3) is 0.846. The summed E-state index contributed by atoms with van der Waals surface area (Å²) >= 11 is 0. The van der Waals surface area contributed by atoms with Crippen LogP contribution in [0.4, 0.5) is 0 Å². The Morgan fingerprint density at radius 1 is 0.941 bits per heavy atom. The molecule has 1 saturated heterocycles. The summed E-state index contributed by atoms with van der Waals surface area (Å²) in [6.45, 7) is 12.3. The Morgan fingerprint density at radius 2 is 1.35 bits per heavy atom. The Hall–Kier alpha value is -1.06. The lowest BCUT2D eigenvalue weighted by molar-refractivity contribution is -0.146. The number of nitrogens with zero attached hydrogens (tertiary/aromatic N) is 2. The van der Waals surface area contributed by atoms with Gasteiger partial charge in [0.1, 0.15) is 0 Å². The molecule has 17 heavy (non-hydrogen) atoms. The van der Waals surface area contributed by atoms with E-state index in [1.54, 1.807) is 0 Å². The van der Waals surface area contributed by atoms with Gasteiger partial charge in [-0.1, -0.05) is 34.6 Å². The summed E-state index contributed by atoms with van der Waals surface area (Å²) in [5, 5.41) is 0. The molecule has 0 saturated carbocycles. The van der Waals surface area contributed by atoms with Crippen molar-refractivity contribution in [2.24, 2.45) is 11.3 Å². The van der Waals surface area contributed by atoms with Gasteiger partial charge in [0.2, 0.25) is 11.8 Å². The monoisotopic (exact) mass is 240 g/mol. The van der Waals surface area contributed by atoms with Crippen LogP contribution in [0.5, 0.6) is 0 Å². The van der Waals surface area contributed by atoms with Gasteiger partial charge in [0.25, 0.3) is 0 Å². The summed E-state index contributed by atoms with van der Waals surface area (Å²) in [6, 6.07) is 0. The minimum atomic E-state index is -0.329. The van der Waals surface area contributed by atoms with Crippen LogP contribution >= 0.6 is 0 Å². The molecule has 2 amide bonds. The lowest BCUT2D eigenvalue weighted by Crippen LogP contribution is -2.53. The second-order valence-corrected chi connectivity index (χ2v) is 6.02. The smallest absolute Gasteiger partial charge is 0.228 e. The van der Waals surface area contributed by atoms with Crippen molar-refractivity contribution in [3.63, 3.8) is 0 Å². The maximum absolute atomic E-state index is 12.1. The zero-order valence-electron chi connectivity index (χ0n) is 11.6. The Labute approximate surface area is 104 Å². The van der Waals surface area contributed by atoms with Crippen molar-refractivity contribution in [3.05, 3.63) is 0 Å². The number of rotatable bonds is 1. The fourth-order valence-electron chi connectivity index (χ4n) is 1.97. The first kappa shape index (κ1) is 14.0. The fourth-order valence-corrected chi connectivity index (χ4v) is 1.97. The van der Waals surface area contributed by atoms with Crippen molar-refractivity contribution < 1.29 is 9.59 Å². The maximum Gasteiger partial charge on any atom is 0.228 e. The summed E-state index contributed by atoms with van der Waals surface area (Å²) in [6.07, 6.45) is 0. The molecule has 0 aromatic carbocycles. The number of amides is 2. The highest BCUT2D eigenvalue weighted by atomic mass is 16.2. The standard InChI is InChI=1S/C13H24N2O2/c1-10(2)11(16)14-6-8-15(9-7-14)12(17)13(3,4)5/h10H,6-9H2,1-5H3. The summed E-state index contributed by atoms with van der Waals surface area (Å²) in [5.41, 5.74) is -0.329. The molecule has 1 fully saturated rings. The molecule has 0 radical (unpaired) electrons. The van der Waals surface area contributed by atoms with Gasteiger partial charge in [-0.05, 0) is 0 Å². The van der Waals surface area contributed by atoms with Crippen LogP contribution in [0.1, 0.15) is 34.6 Å². The minimum Gasteiger partial charge on any atom is -0.339 e. The van der Waals surface area contributed by atoms with Gasteiger partial charge in [0.05, 0.1) is 0 Å². The third-order valence-electron chi connectivity index (χ3n) is 3.01. The molecule has 0 unspecified atom stereocenters. The second kappa shape index (κ2) is 5.07. The van der Waals surface area contributed by atoms with Crippen LogP contribution in [0.25, 0.3) is 0 Å². The van der Waals surface area contributed by atoms with Gasteiger partial charge in [-0.25, -0.2) is 0 Å². The van der Waals surface area contributed by atoms with Crippen molar-refractivity contribution in [1.82, 2.24) is 9.80 Å². The SMILES string of the molecule is CC(C)C(=O)N1CCN(C(=O)C(C)(C)C)CC1. The van der Waals surface area contributed by atoms with Crippen LogP contribution in [0.2, 0.25) is 0 Å². The van der Waals surface area contributed by atoms with E-state index >= 15 is 0 Å². The predicted octanol–water partition coefficient (Wildman–Crippen LogP) is 1.36. The normalized spacial score (nSPS) is 17.5. The van der Waals surface area contributed by atoms with E-state index in [2.05, 4.69) is 0 Å². The van der Waals surface area contributed by atoms with Crippen LogP contribution < -0.4 is 0 Å². The molecule has 0 N–H and O–H groups in total. The number of hydrogen-bond acceptors (Lipinski definition) is 2. The van der Waals surface area contributed by atoms with Gasteiger partial charge in [0.15, 0.2) is 0 Å². The second-order valence-electron chi connectivity index (χ2n) is 6.02. The molecule has 98 valence electrons. The van der Waals surface area contributed by atoms with E-state index in [0.29, 0.717) is 26.2 Å². The summed E-state index contributed by atoms with van der Waals surface area (Å²) < 4.78 is 0. The molecule has 1 heterocycles. The molecule has 0 atom stereocenters. The van der Waals surface area contributed by atoms with Crippen LogP contribution in [-0.2, 0) is 9.59 Å². The highest BCUT2D eigenvalue weighted by molar-refractivity contribution is 5.82. The van der Waals surface area contributed by atoms with E-state index in [9.17, 15) is 9.59 Å². The van der Waals surface area contributed by atoms with Gasteiger partial charge in [0, 0.05) is 37.5 Å². The Balaban J connectivity index is 2.52. The van der Waals surface area contributed by atoms with Crippen molar-refractivity contribution in [2.75, 3.05) is 26.2 Å². The van der Waals surface area contributed by atoms with Gasteiger partial charge in [-0.3, -0.25) is 9.59 Å². The topological polar surface area (TPSA) is 40.6 Å². The molecule has 0 aliphatic carbocycles. The predicted molar refractivity (Wildman–Crippen MR) is 67.5 cm³/mol. The highest BCUT2D eigenvalue weighted by Gasteiger charge is 2.31. The number of carbonyl (C=O) groups is 2. The van der Waals surface area contributed by atoms with E-state index in [1.165, 1.54) is 0 Å². The largest absolute Gasteiger partial charge is 0.339 e. The van der Waals surface area contributed by atoms with E-state index in [-0.39, 0.29) is 23.1 Å². The van der Waals surface area contributed by atoms with E-state index in [4.69, 9.17) is 0 Å². The van der Waals surface area contributed by atoms with Gasteiger partial charge >= 0.3 is 0 Å². The molecule has 0 aromatic heterocycles. The third-order valence-corrected chi connectivity index (χ3v) is 3.01. The molecule has 0 aromatic rings. The maximum atomic E-state index is 12.1. The van der Waals surface area contributed by atoms with Crippen LogP contribution in [0, 0.1) is 11.3 Å². The first-order valence-corrected chi connectivity index (χ1v) is 6.31. The Morgan fingerprint density at radius 3 is 1.71 bits per heavy atom. The Bertz CT molecular complexity index is 297. The van der Waals surface area contributed by atoms with E-state index in [1.807, 2.05) is 44.4 Å². The minimum absolute atomic E-state index is 0.0415. The van der Waals surface area contributed by atoms with Gasteiger partial charge < -0.3 is 9.80 Å². The van der Waals surface area contributed by atoms with Crippen molar-refractivity contribution in [1.29, 1.82) is 0 Å². The quantitative estimate of drug-likeness (QED) is 0.694. The lowest BCUT2D eigenvalue weighted by Gasteiger charge is -2.38. The van der Waals surface area contributed by atoms with Gasteiger partial charge in [-0.2, -0.15) is 0 Å². The molecule has 1 rings (SSSR count). The molecule has 0 spiro atoms. The number of piperazine rings is 1. The van der Waals surface area contributed by atoms with E-state index < -0.39 is 0 Å². The molecular formula is C13H24N2O2. The van der Waals surface area contributed by atoms with Gasteiger partial charge in [-0.15, -0.1) is 0 Å². The van der Waals surface area contributed by atoms with Crippen LogP contribution in [0.3, 0.4) is 0 Å². The molecule has 4 nitrogen and oxygen atoms in total. The molecule has 0 bridgehead atoms. The first-order chi connectivity index (χ1) is 7.73. The zero-order valence-corrected chi connectivity index (χ0v) is 11.6. The molecular weight excluding hydrogens is 216 g/mol. The van der Waals surface area contributed by atoms with Crippen molar-refractivity contribution in [3.8, 4) is 0 Å². The Kier molecular flexibility index (Phi) is 4.17. The zero-order chi connectivity index (χ0) is 13.2. The van der Waals surface area contributed by atoms with E-state index in [0.717, 1.165) is 0 Å². The molecule has 1 aliphatic heterocycles. The summed E-state index contributed by atoms with van der Waals surface area (Å²) in [7, 11) is 0. The molecule has 4 heteroatoms. The summed E-state index contributed by atoms with van der Waals surface area (Å²) in [5.74, 6) is 0.405. The summed E-state index contributed by atoms with van der Waals surface area (Å²) in [4.78, 5) is 27.6. The number of hydrogen-bond donors (Lipinski definition) is 0. The molecule has 1 aliphatic rings. The van der Waals surface area contributed by atoms with Crippen molar-refractivity contribution >= 4 is 11.8 Å². The lowest BCUT2D eigenvalue weighted by atomic mass is 9.94. The van der Waals surface area contributed by atoms with Crippen LogP contribution in [0.15, 0.2) is 0 Å². The highest BCUT2D eigenvalue weighted by Crippen LogP contribution is 2.19.